The number of rotatable bonds is 10. The fraction of sp³-hybridized carbons (Fsp3) is 0.211. The Hall–Kier alpha value is -3.00. The largest absolute Gasteiger partial charge is 0.342 e. The summed E-state index contributed by atoms with van der Waals surface area (Å²) in [5, 5.41) is 10.7. The monoisotopic (exact) mass is 387 g/mol. The number of thioether (sulfide) groups is 1. The maximum Gasteiger partial charge on any atom is 0.269 e. The van der Waals surface area contributed by atoms with Crippen LogP contribution in [-0.4, -0.2) is 40.7 Å². The van der Waals surface area contributed by atoms with Crippen molar-refractivity contribution in [1.29, 1.82) is 0 Å². The molecule has 7 nitrogen and oxygen atoms in total. The molecule has 1 rings (SSSR count). The lowest BCUT2D eigenvalue weighted by Crippen LogP contribution is -2.27. The normalized spacial score (nSPS) is 12.1. The number of aliphatic imine (C=N–C) groups is 1. The van der Waals surface area contributed by atoms with Crippen molar-refractivity contribution in [2.24, 2.45) is 4.99 Å². The predicted octanol–water partition coefficient (Wildman–Crippen LogP) is 3.56. The molecular weight excluding hydrogens is 366 g/mol. The molecule has 0 atom stereocenters. The zero-order chi connectivity index (χ0) is 20.2. The van der Waals surface area contributed by atoms with Gasteiger partial charge in [-0.15, -0.1) is 0 Å². The second kappa shape index (κ2) is 11.6. The molecule has 8 heteroatoms. The van der Waals surface area contributed by atoms with Gasteiger partial charge >= 0.3 is 0 Å². The second-order valence-corrected chi connectivity index (χ2v) is 6.17. The van der Waals surface area contributed by atoms with E-state index in [4.69, 9.17) is 0 Å². The van der Waals surface area contributed by atoms with Gasteiger partial charge in [0.15, 0.2) is 5.62 Å². The molecule has 0 bridgehead atoms. The van der Waals surface area contributed by atoms with E-state index in [0.29, 0.717) is 17.9 Å². The lowest BCUT2D eigenvalue weighted by molar-refractivity contribution is -0.384. The second-order valence-electron chi connectivity index (χ2n) is 5.30. The zero-order valence-electron chi connectivity index (χ0n) is 15.2. The summed E-state index contributed by atoms with van der Waals surface area (Å²) >= 11 is 0.791. The Labute approximate surface area is 162 Å². The standard InChI is InChI=1S/C19H21N3O4S/c1-4-6-7-16(12-18(27-14-23)19(24)21(3)5-2)20-13-15-8-10-17(11-9-15)22(25)26/h4,6-12,14H,1,5,13H2,2-3H3/b7-6-,18-12-,20-16?. The van der Waals surface area contributed by atoms with E-state index < -0.39 is 4.92 Å². The molecule has 0 unspecified atom stereocenters. The van der Waals surface area contributed by atoms with Crippen molar-refractivity contribution in [2.45, 2.75) is 13.5 Å². The molecule has 1 amide bonds. The topological polar surface area (TPSA) is 92.9 Å². The van der Waals surface area contributed by atoms with Crippen molar-refractivity contribution >= 4 is 34.7 Å². The number of benzene rings is 1. The molecule has 0 aliphatic heterocycles. The third-order valence-electron chi connectivity index (χ3n) is 3.48. The van der Waals surface area contributed by atoms with Gasteiger partial charge in [0.05, 0.1) is 22.1 Å². The van der Waals surface area contributed by atoms with E-state index in [1.165, 1.54) is 17.0 Å². The molecule has 0 saturated heterocycles. The van der Waals surface area contributed by atoms with Gasteiger partial charge in [-0.05, 0) is 36.4 Å². The lowest BCUT2D eigenvalue weighted by Gasteiger charge is -2.15. The first-order valence-corrected chi connectivity index (χ1v) is 8.95. The number of hydrogen-bond donors (Lipinski definition) is 0. The highest BCUT2D eigenvalue weighted by Crippen LogP contribution is 2.17. The summed E-state index contributed by atoms with van der Waals surface area (Å²) in [7, 11) is 1.65. The highest BCUT2D eigenvalue weighted by molar-refractivity contribution is 8.16. The quantitative estimate of drug-likeness (QED) is 0.153. The molecule has 0 radical (unpaired) electrons. The summed E-state index contributed by atoms with van der Waals surface area (Å²) in [5.41, 5.74) is 1.86. The van der Waals surface area contributed by atoms with Gasteiger partial charge in [0.1, 0.15) is 0 Å². The first-order valence-electron chi connectivity index (χ1n) is 8.07. The fourth-order valence-electron chi connectivity index (χ4n) is 1.88. The third kappa shape index (κ3) is 7.41. The molecule has 27 heavy (non-hydrogen) atoms. The Balaban J connectivity index is 3.13. The minimum absolute atomic E-state index is 0.00673. The molecule has 0 saturated carbocycles. The molecule has 0 aliphatic carbocycles. The summed E-state index contributed by atoms with van der Waals surface area (Å²) in [6.07, 6.45) is 6.45. The predicted molar refractivity (Wildman–Crippen MR) is 109 cm³/mol. The Morgan fingerprint density at radius 2 is 2.04 bits per heavy atom. The molecule has 0 aliphatic rings. The summed E-state index contributed by atoms with van der Waals surface area (Å²) in [5.74, 6) is -0.273. The van der Waals surface area contributed by atoms with Crippen molar-refractivity contribution in [1.82, 2.24) is 4.90 Å². The Morgan fingerprint density at radius 1 is 1.37 bits per heavy atom. The van der Waals surface area contributed by atoms with E-state index in [2.05, 4.69) is 11.6 Å². The Bertz CT molecular complexity index is 783. The number of nitrogens with zero attached hydrogens (tertiary/aromatic N) is 3. The molecular formula is C19H21N3O4S. The van der Waals surface area contributed by atoms with Gasteiger partial charge in [0, 0.05) is 25.7 Å². The average Bonchev–Trinajstić information content (AvgIpc) is 2.68. The van der Waals surface area contributed by atoms with Crippen LogP contribution < -0.4 is 0 Å². The minimum Gasteiger partial charge on any atom is -0.342 e. The van der Waals surface area contributed by atoms with Crippen LogP contribution in [0.15, 0.2) is 65.0 Å². The van der Waals surface area contributed by atoms with Crippen LogP contribution in [-0.2, 0) is 16.1 Å². The molecule has 0 spiro atoms. The SMILES string of the molecule is C=C/C=C\C(/C=C(\SC=O)C(=O)N(C)CC)=NCc1ccc([N+](=O)[O-])cc1. The molecule has 1 aromatic carbocycles. The number of nitro groups is 1. The molecule has 0 N–H and O–H groups in total. The van der Waals surface area contributed by atoms with Crippen molar-refractivity contribution < 1.29 is 14.5 Å². The summed E-state index contributed by atoms with van der Waals surface area (Å²) in [6.45, 7) is 6.22. The third-order valence-corrected chi connectivity index (χ3v) is 4.12. The van der Waals surface area contributed by atoms with E-state index in [9.17, 15) is 19.7 Å². The number of non-ortho nitro benzene ring substituents is 1. The Kier molecular flexibility index (Phi) is 9.46. The Morgan fingerprint density at radius 3 is 2.56 bits per heavy atom. The van der Waals surface area contributed by atoms with Crippen LogP contribution in [0.5, 0.6) is 0 Å². The van der Waals surface area contributed by atoms with Crippen molar-refractivity contribution in [3.05, 3.63) is 75.7 Å². The van der Waals surface area contributed by atoms with Crippen LogP contribution in [0, 0.1) is 10.1 Å². The highest BCUT2D eigenvalue weighted by atomic mass is 32.2. The first kappa shape index (κ1) is 22.0. The van der Waals surface area contributed by atoms with E-state index in [0.717, 1.165) is 17.3 Å². The summed E-state index contributed by atoms with van der Waals surface area (Å²) in [6, 6.07) is 6.06. The maximum absolute atomic E-state index is 12.4. The molecule has 0 aromatic heterocycles. The first-order chi connectivity index (χ1) is 12.9. The van der Waals surface area contributed by atoms with Gasteiger partial charge in [0.25, 0.3) is 11.6 Å². The number of carbonyl (C=O) groups excluding carboxylic acids is 2. The van der Waals surface area contributed by atoms with Gasteiger partial charge < -0.3 is 4.90 Å². The smallest absolute Gasteiger partial charge is 0.269 e. The van der Waals surface area contributed by atoms with Crippen molar-refractivity contribution in [3.63, 3.8) is 0 Å². The van der Waals surface area contributed by atoms with Crippen LogP contribution in [0.4, 0.5) is 5.69 Å². The molecule has 0 fully saturated rings. The number of carbonyl (C=O) groups is 2. The van der Waals surface area contributed by atoms with Gasteiger partial charge in [-0.25, -0.2) is 0 Å². The van der Waals surface area contributed by atoms with Crippen LogP contribution in [0.2, 0.25) is 0 Å². The molecule has 0 heterocycles. The summed E-state index contributed by atoms with van der Waals surface area (Å²) < 4.78 is 0. The highest BCUT2D eigenvalue weighted by Gasteiger charge is 2.14. The van der Waals surface area contributed by atoms with Crippen molar-refractivity contribution in [2.75, 3.05) is 13.6 Å². The van der Waals surface area contributed by atoms with E-state index in [1.807, 2.05) is 6.92 Å². The van der Waals surface area contributed by atoms with Gasteiger partial charge in [-0.3, -0.25) is 24.7 Å². The van der Waals surface area contributed by atoms with Crippen LogP contribution in [0.1, 0.15) is 12.5 Å². The number of allylic oxidation sites excluding steroid dienone is 4. The summed E-state index contributed by atoms with van der Waals surface area (Å²) in [4.78, 5) is 39.7. The molecule has 142 valence electrons. The van der Waals surface area contributed by atoms with Crippen LogP contribution in [0.3, 0.4) is 0 Å². The minimum atomic E-state index is -0.465. The van der Waals surface area contributed by atoms with E-state index >= 15 is 0 Å². The van der Waals surface area contributed by atoms with E-state index in [-0.39, 0.29) is 23.0 Å². The van der Waals surface area contributed by atoms with E-state index in [1.54, 1.807) is 43.5 Å². The van der Waals surface area contributed by atoms with Crippen LogP contribution >= 0.6 is 11.8 Å². The lowest BCUT2D eigenvalue weighted by atomic mass is 10.2. The molecule has 1 aromatic rings. The fourth-order valence-corrected chi connectivity index (χ4v) is 2.43. The average molecular weight is 387 g/mol. The number of hydrogen-bond acceptors (Lipinski definition) is 6. The van der Waals surface area contributed by atoms with Crippen LogP contribution in [0.25, 0.3) is 0 Å². The van der Waals surface area contributed by atoms with Gasteiger partial charge in [0.2, 0.25) is 0 Å². The number of nitro benzene ring substituents is 1. The maximum atomic E-state index is 12.4. The number of amides is 1. The van der Waals surface area contributed by atoms with Gasteiger partial charge in [-0.2, -0.15) is 0 Å². The van der Waals surface area contributed by atoms with Crippen molar-refractivity contribution in [3.8, 4) is 0 Å². The van der Waals surface area contributed by atoms with Gasteiger partial charge in [-0.1, -0.05) is 30.9 Å². The zero-order valence-corrected chi connectivity index (χ0v) is 16.0. The number of likely N-dealkylation sites (N-methyl/N-ethyl adjacent to an activating group) is 1.